The van der Waals surface area contributed by atoms with Crippen LogP contribution < -0.4 is 4.74 Å². The number of carbonyl (C=O) groups excluding carboxylic acids is 1. The molecule has 0 aliphatic rings. The van der Waals surface area contributed by atoms with Gasteiger partial charge in [-0.2, -0.15) is 4.98 Å². The lowest BCUT2D eigenvalue weighted by Gasteiger charge is -2.13. The molecule has 3 rings (SSSR count). The van der Waals surface area contributed by atoms with Crippen molar-refractivity contribution in [2.45, 2.75) is 47.1 Å². The fourth-order valence-electron chi connectivity index (χ4n) is 2.86. The minimum absolute atomic E-state index is 0.0355. The maximum absolute atomic E-state index is 10.9. The standard InChI is InChI=1S/C20H23N3O5/c1-12-8-16(20-21-18(28-23-20)11-26-15(4)24)9-13(2)19(12)25-7-5-6-17-10-14(3)22-27-17/h8-10H,5-7,11H2,1-4H3. The third-order valence-electron chi connectivity index (χ3n) is 4.08. The average molecular weight is 385 g/mol. The first-order valence-electron chi connectivity index (χ1n) is 9.05. The Morgan fingerprint density at radius 3 is 2.46 bits per heavy atom. The third-order valence-corrected chi connectivity index (χ3v) is 4.08. The van der Waals surface area contributed by atoms with E-state index in [0.717, 1.165) is 46.7 Å². The molecule has 0 fully saturated rings. The van der Waals surface area contributed by atoms with Crippen molar-refractivity contribution in [1.82, 2.24) is 15.3 Å². The summed E-state index contributed by atoms with van der Waals surface area (Å²) in [7, 11) is 0. The van der Waals surface area contributed by atoms with Gasteiger partial charge in [0.1, 0.15) is 11.5 Å². The second-order valence-electron chi connectivity index (χ2n) is 6.62. The van der Waals surface area contributed by atoms with Gasteiger partial charge in [0.05, 0.1) is 12.3 Å². The predicted molar refractivity (Wildman–Crippen MR) is 99.7 cm³/mol. The summed E-state index contributed by atoms with van der Waals surface area (Å²) in [6, 6.07) is 5.83. The van der Waals surface area contributed by atoms with E-state index < -0.39 is 5.97 Å². The predicted octanol–water partition coefficient (Wildman–Crippen LogP) is 3.72. The Morgan fingerprint density at radius 1 is 1.07 bits per heavy atom. The number of hydrogen-bond donors (Lipinski definition) is 0. The average Bonchev–Trinajstić information content (AvgIpc) is 3.27. The highest BCUT2D eigenvalue weighted by atomic mass is 16.6. The summed E-state index contributed by atoms with van der Waals surface area (Å²) in [5, 5.41) is 7.83. The molecule has 8 heteroatoms. The normalized spacial score (nSPS) is 10.9. The van der Waals surface area contributed by atoms with Crippen LogP contribution in [0.25, 0.3) is 11.4 Å². The number of nitrogens with zero attached hydrogens (tertiary/aromatic N) is 3. The Kier molecular flexibility index (Phi) is 6.08. The van der Waals surface area contributed by atoms with E-state index in [0.29, 0.717) is 12.4 Å². The van der Waals surface area contributed by atoms with Gasteiger partial charge in [0.15, 0.2) is 6.61 Å². The largest absolute Gasteiger partial charge is 0.493 e. The lowest BCUT2D eigenvalue weighted by Crippen LogP contribution is -2.02. The van der Waals surface area contributed by atoms with Crippen molar-refractivity contribution < 1.29 is 23.3 Å². The summed E-state index contributed by atoms with van der Waals surface area (Å²) < 4.78 is 21.2. The monoisotopic (exact) mass is 385 g/mol. The van der Waals surface area contributed by atoms with Crippen molar-refractivity contribution in [3.05, 3.63) is 46.7 Å². The summed E-state index contributed by atoms with van der Waals surface area (Å²) in [5.41, 5.74) is 3.67. The van der Waals surface area contributed by atoms with Gasteiger partial charge in [-0.25, -0.2) is 0 Å². The molecule has 0 aliphatic carbocycles. The lowest BCUT2D eigenvalue weighted by molar-refractivity contribution is -0.143. The molecular formula is C20H23N3O5. The van der Waals surface area contributed by atoms with Crippen LogP contribution in [-0.4, -0.2) is 27.9 Å². The number of aromatic nitrogens is 3. The number of rotatable bonds is 8. The van der Waals surface area contributed by atoms with Gasteiger partial charge in [0.25, 0.3) is 5.89 Å². The maximum atomic E-state index is 10.9. The molecule has 0 amide bonds. The Bertz CT molecular complexity index is 937. The van der Waals surface area contributed by atoms with Gasteiger partial charge < -0.3 is 18.5 Å². The van der Waals surface area contributed by atoms with Crippen molar-refractivity contribution in [2.75, 3.05) is 6.61 Å². The van der Waals surface area contributed by atoms with E-state index in [1.165, 1.54) is 6.92 Å². The molecule has 0 N–H and O–H groups in total. The molecule has 1 aromatic carbocycles. The Morgan fingerprint density at radius 2 is 1.82 bits per heavy atom. The van der Waals surface area contributed by atoms with Crippen molar-refractivity contribution >= 4 is 5.97 Å². The van der Waals surface area contributed by atoms with Crippen molar-refractivity contribution in [3.8, 4) is 17.1 Å². The van der Waals surface area contributed by atoms with Crippen LogP contribution in [0.2, 0.25) is 0 Å². The molecule has 0 saturated heterocycles. The summed E-state index contributed by atoms with van der Waals surface area (Å²) in [5.74, 6) is 2.02. The van der Waals surface area contributed by atoms with Crippen LogP contribution in [0.15, 0.2) is 27.2 Å². The number of aryl methyl sites for hydroxylation is 4. The van der Waals surface area contributed by atoms with Crippen molar-refractivity contribution in [1.29, 1.82) is 0 Å². The molecule has 2 aromatic heterocycles. The molecule has 0 unspecified atom stereocenters. The van der Waals surface area contributed by atoms with Gasteiger partial charge in [-0.3, -0.25) is 4.79 Å². The van der Waals surface area contributed by atoms with Gasteiger partial charge in [-0.1, -0.05) is 10.3 Å². The fraction of sp³-hybridized carbons (Fsp3) is 0.400. The molecular weight excluding hydrogens is 362 g/mol. The minimum Gasteiger partial charge on any atom is -0.493 e. The van der Waals surface area contributed by atoms with E-state index in [9.17, 15) is 4.79 Å². The van der Waals surface area contributed by atoms with E-state index in [2.05, 4.69) is 15.3 Å². The first kappa shape index (κ1) is 19.6. The SMILES string of the molecule is CC(=O)OCc1nc(-c2cc(C)c(OCCCc3cc(C)no3)c(C)c2)no1. The molecule has 2 heterocycles. The summed E-state index contributed by atoms with van der Waals surface area (Å²) in [6.07, 6.45) is 1.62. The fourth-order valence-corrected chi connectivity index (χ4v) is 2.86. The highest BCUT2D eigenvalue weighted by Crippen LogP contribution is 2.29. The molecule has 0 bridgehead atoms. The zero-order valence-corrected chi connectivity index (χ0v) is 16.4. The number of esters is 1. The quantitative estimate of drug-likeness (QED) is 0.427. The van der Waals surface area contributed by atoms with Crippen LogP contribution >= 0.6 is 0 Å². The highest BCUT2D eigenvalue weighted by molar-refractivity contribution is 5.65. The van der Waals surface area contributed by atoms with E-state index in [4.69, 9.17) is 18.5 Å². The smallest absolute Gasteiger partial charge is 0.303 e. The zero-order valence-electron chi connectivity index (χ0n) is 16.4. The third kappa shape index (κ3) is 4.97. The molecule has 0 aliphatic heterocycles. The van der Waals surface area contributed by atoms with E-state index in [1.807, 2.05) is 39.0 Å². The topological polar surface area (TPSA) is 100 Å². The van der Waals surface area contributed by atoms with Crippen LogP contribution in [0.5, 0.6) is 5.75 Å². The number of hydrogen-bond acceptors (Lipinski definition) is 8. The molecule has 148 valence electrons. The zero-order chi connectivity index (χ0) is 20.1. The lowest BCUT2D eigenvalue weighted by atomic mass is 10.1. The molecule has 8 nitrogen and oxygen atoms in total. The molecule has 3 aromatic rings. The molecule has 28 heavy (non-hydrogen) atoms. The van der Waals surface area contributed by atoms with Gasteiger partial charge in [0.2, 0.25) is 5.82 Å². The second-order valence-corrected chi connectivity index (χ2v) is 6.62. The summed E-state index contributed by atoms with van der Waals surface area (Å²) in [4.78, 5) is 15.1. The second kappa shape index (κ2) is 8.69. The summed E-state index contributed by atoms with van der Waals surface area (Å²) in [6.45, 7) is 7.73. The Balaban J connectivity index is 1.61. The van der Waals surface area contributed by atoms with Gasteiger partial charge in [-0.15, -0.1) is 0 Å². The molecule has 0 atom stereocenters. The van der Waals surface area contributed by atoms with E-state index in [1.54, 1.807) is 0 Å². The van der Waals surface area contributed by atoms with E-state index >= 15 is 0 Å². The Labute approximate surface area is 162 Å². The van der Waals surface area contributed by atoms with E-state index in [-0.39, 0.29) is 12.5 Å². The maximum Gasteiger partial charge on any atom is 0.303 e. The molecule has 0 saturated carbocycles. The molecule has 0 radical (unpaired) electrons. The van der Waals surface area contributed by atoms with Gasteiger partial charge in [0, 0.05) is 25.0 Å². The number of ether oxygens (including phenoxy) is 2. The van der Waals surface area contributed by atoms with Crippen LogP contribution in [0.1, 0.15) is 41.8 Å². The highest BCUT2D eigenvalue weighted by Gasteiger charge is 2.14. The number of carbonyl (C=O) groups is 1. The molecule has 0 spiro atoms. The van der Waals surface area contributed by atoms with Crippen LogP contribution in [0.3, 0.4) is 0 Å². The minimum atomic E-state index is -0.397. The summed E-state index contributed by atoms with van der Waals surface area (Å²) >= 11 is 0. The van der Waals surface area contributed by atoms with Crippen molar-refractivity contribution in [3.63, 3.8) is 0 Å². The van der Waals surface area contributed by atoms with Gasteiger partial charge >= 0.3 is 5.97 Å². The van der Waals surface area contributed by atoms with Gasteiger partial charge in [-0.05, 0) is 50.5 Å². The van der Waals surface area contributed by atoms with Crippen LogP contribution in [-0.2, 0) is 22.6 Å². The first-order chi connectivity index (χ1) is 13.4. The number of benzene rings is 1. The first-order valence-corrected chi connectivity index (χ1v) is 9.05. The van der Waals surface area contributed by atoms with Crippen LogP contribution in [0, 0.1) is 20.8 Å². The van der Waals surface area contributed by atoms with Crippen LogP contribution in [0.4, 0.5) is 0 Å². The van der Waals surface area contributed by atoms with Crippen molar-refractivity contribution in [2.24, 2.45) is 0 Å². The Hall–Kier alpha value is -3.16.